The Balaban J connectivity index is 2.49. The van der Waals surface area contributed by atoms with Crippen LogP contribution in [0.3, 0.4) is 0 Å². The van der Waals surface area contributed by atoms with Crippen LogP contribution in [0.5, 0.6) is 0 Å². The molecule has 0 atom stereocenters. The van der Waals surface area contributed by atoms with E-state index in [4.69, 9.17) is 4.79 Å². The zero-order valence-corrected chi connectivity index (χ0v) is 2.98. The predicted octanol–water partition coefficient (Wildman–Crippen LogP) is -0.409. The molecule has 0 radical (unpaired) electrons. The van der Waals surface area contributed by atoms with E-state index in [9.17, 15) is 4.39 Å². The molecule has 1 N–H and O–H groups in total. The molecular weight excluding hydrogens is 89.0 g/mol. The van der Waals surface area contributed by atoms with Gasteiger partial charge in [-0.15, -0.1) is 0 Å². The first-order valence-electron chi connectivity index (χ1n) is 1.28. The fourth-order valence-electron chi connectivity index (χ4n) is 0.0655. The normalized spacial score (nSPS) is 7.50. The summed E-state index contributed by atoms with van der Waals surface area (Å²) in [5.74, 6) is 0. The minimum Gasteiger partial charge on any atom is -0.277 e. The Bertz CT molecular complexity index is 40.5. The second-order valence-corrected chi connectivity index (χ2v) is 0.489. The van der Waals surface area contributed by atoms with Crippen LogP contribution in [0.2, 0.25) is 0 Å². The van der Waals surface area contributed by atoms with Gasteiger partial charge in [0.2, 0.25) is 13.3 Å². The van der Waals surface area contributed by atoms with Gasteiger partial charge in [-0.2, -0.15) is 0 Å². The Labute approximate surface area is 34.0 Å². The number of hydrogen-bond donors (Lipinski definition) is 1. The van der Waals surface area contributed by atoms with Crippen molar-refractivity contribution in [3.8, 4) is 0 Å². The van der Waals surface area contributed by atoms with Crippen LogP contribution in [-0.2, 0) is 9.63 Å². The molecule has 4 heteroatoms. The summed E-state index contributed by atoms with van der Waals surface area (Å²) < 4.78 is 10.7. The van der Waals surface area contributed by atoms with Crippen molar-refractivity contribution in [1.29, 1.82) is 0 Å². The lowest BCUT2D eigenvalue weighted by molar-refractivity contribution is -0.124. The number of nitrogens with one attached hydrogen (secondary N) is 1. The van der Waals surface area contributed by atoms with Crippen molar-refractivity contribution in [2.75, 3.05) is 6.86 Å². The van der Waals surface area contributed by atoms with Gasteiger partial charge in [-0.05, 0) is 0 Å². The molecule has 36 valence electrons. The molecule has 0 heterocycles. The van der Waals surface area contributed by atoms with Gasteiger partial charge in [-0.1, -0.05) is 0 Å². The highest BCUT2D eigenvalue weighted by molar-refractivity contribution is 5.43. The highest BCUT2D eigenvalue weighted by Gasteiger charge is 1.70. The van der Waals surface area contributed by atoms with Crippen LogP contribution < -0.4 is 5.48 Å². The van der Waals surface area contributed by atoms with Crippen LogP contribution in [0.4, 0.5) is 4.39 Å². The smallest absolute Gasteiger partial charge is 0.230 e. The van der Waals surface area contributed by atoms with E-state index in [1.165, 1.54) is 0 Å². The quantitative estimate of drug-likeness (QED) is 0.292. The third-order valence-electron chi connectivity index (χ3n) is 0.186. The molecule has 0 fully saturated rings. The molecule has 0 aliphatic carbocycles. The molecule has 0 aliphatic heterocycles. The zero-order chi connectivity index (χ0) is 4.83. The van der Waals surface area contributed by atoms with Gasteiger partial charge in [0.25, 0.3) is 0 Å². The van der Waals surface area contributed by atoms with Crippen LogP contribution in [0.1, 0.15) is 0 Å². The first-order chi connectivity index (χ1) is 2.91. The number of alkyl halides is 1. The summed E-state index contributed by atoms with van der Waals surface area (Å²) >= 11 is 0. The minimum atomic E-state index is -0.987. The second-order valence-electron chi connectivity index (χ2n) is 0.489. The van der Waals surface area contributed by atoms with Crippen molar-refractivity contribution >= 4 is 6.41 Å². The fraction of sp³-hybridized carbons (Fsp3) is 0.500. The monoisotopic (exact) mass is 93.0 g/mol. The molecule has 0 aromatic rings. The van der Waals surface area contributed by atoms with Crippen molar-refractivity contribution in [2.24, 2.45) is 0 Å². The summed E-state index contributed by atoms with van der Waals surface area (Å²) in [7, 11) is 0. The highest BCUT2D eigenvalue weighted by Crippen LogP contribution is 1.59. The van der Waals surface area contributed by atoms with E-state index < -0.39 is 6.86 Å². The lowest BCUT2D eigenvalue weighted by Crippen LogP contribution is -2.09. The van der Waals surface area contributed by atoms with Gasteiger partial charge >= 0.3 is 0 Å². The first-order valence-corrected chi connectivity index (χ1v) is 1.28. The maximum Gasteiger partial charge on any atom is 0.230 e. The Kier molecular flexibility index (Phi) is 3.89. The molecular formula is C2H4FNO2. The summed E-state index contributed by atoms with van der Waals surface area (Å²) in [5, 5.41) is 0. The van der Waals surface area contributed by atoms with Crippen LogP contribution >= 0.6 is 0 Å². The first kappa shape index (κ1) is 5.36. The largest absolute Gasteiger partial charge is 0.277 e. The molecule has 0 rings (SSSR count). The summed E-state index contributed by atoms with van der Waals surface area (Å²) in [4.78, 5) is 12.9. The van der Waals surface area contributed by atoms with Crippen LogP contribution in [0.15, 0.2) is 0 Å². The van der Waals surface area contributed by atoms with E-state index in [-0.39, 0.29) is 6.41 Å². The van der Waals surface area contributed by atoms with E-state index in [0.29, 0.717) is 0 Å². The highest BCUT2D eigenvalue weighted by atomic mass is 19.1. The number of carbonyl (C=O) groups is 1. The van der Waals surface area contributed by atoms with E-state index in [1.807, 2.05) is 0 Å². The number of hydroxylamine groups is 1. The molecule has 0 spiro atoms. The molecule has 0 aliphatic rings. The summed E-state index contributed by atoms with van der Waals surface area (Å²) in [6.07, 6.45) is 0.250. The van der Waals surface area contributed by atoms with Crippen LogP contribution in [0.25, 0.3) is 0 Å². The van der Waals surface area contributed by atoms with Crippen molar-refractivity contribution in [1.82, 2.24) is 5.48 Å². The Morgan fingerprint density at radius 2 is 2.67 bits per heavy atom. The van der Waals surface area contributed by atoms with E-state index in [2.05, 4.69) is 4.84 Å². The molecule has 0 aromatic heterocycles. The van der Waals surface area contributed by atoms with Gasteiger partial charge in [-0.3, -0.25) is 4.79 Å². The topological polar surface area (TPSA) is 38.3 Å². The number of halogens is 1. The summed E-state index contributed by atoms with van der Waals surface area (Å²) in [6.45, 7) is -0.987. The SMILES string of the molecule is O=CNOCF. The lowest BCUT2D eigenvalue weighted by Gasteiger charge is -1.86. The molecule has 0 aromatic carbocycles. The second kappa shape index (κ2) is 4.36. The van der Waals surface area contributed by atoms with Gasteiger partial charge < -0.3 is 0 Å². The fourth-order valence-corrected chi connectivity index (χ4v) is 0.0655. The maximum absolute atomic E-state index is 10.7. The predicted molar refractivity (Wildman–Crippen MR) is 16.3 cm³/mol. The molecule has 0 unspecified atom stereocenters. The van der Waals surface area contributed by atoms with E-state index in [1.54, 1.807) is 5.48 Å². The van der Waals surface area contributed by atoms with E-state index in [0.717, 1.165) is 0 Å². The van der Waals surface area contributed by atoms with Crippen molar-refractivity contribution in [2.45, 2.75) is 0 Å². The average molecular weight is 93.1 g/mol. The number of amides is 1. The Morgan fingerprint density at radius 1 is 2.00 bits per heavy atom. The van der Waals surface area contributed by atoms with Crippen molar-refractivity contribution in [3.05, 3.63) is 0 Å². The number of hydrogen-bond acceptors (Lipinski definition) is 2. The molecule has 1 amide bonds. The third-order valence-corrected chi connectivity index (χ3v) is 0.186. The van der Waals surface area contributed by atoms with Crippen LogP contribution in [-0.4, -0.2) is 13.3 Å². The third kappa shape index (κ3) is 3.36. The van der Waals surface area contributed by atoms with Crippen LogP contribution in [0, 0.1) is 0 Å². The summed E-state index contributed by atoms with van der Waals surface area (Å²) in [5.41, 5.74) is 1.64. The molecule has 0 saturated carbocycles. The standard InChI is InChI=1S/C2H4FNO2/c3-1-6-4-2-5/h2H,1H2,(H,4,5). The molecule has 3 nitrogen and oxygen atoms in total. The van der Waals surface area contributed by atoms with E-state index >= 15 is 0 Å². The van der Waals surface area contributed by atoms with Gasteiger partial charge in [0.1, 0.15) is 0 Å². The van der Waals surface area contributed by atoms with Crippen molar-refractivity contribution < 1.29 is 14.0 Å². The van der Waals surface area contributed by atoms with Gasteiger partial charge in [-0.25, -0.2) is 14.7 Å². The molecule has 6 heavy (non-hydrogen) atoms. The molecule has 0 bridgehead atoms. The van der Waals surface area contributed by atoms with Gasteiger partial charge in [0, 0.05) is 0 Å². The number of carbonyl (C=O) groups excluding carboxylic acids is 1. The lowest BCUT2D eigenvalue weighted by atomic mass is 11.4. The summed E-state index contributed by atoms with van der Waals surface area (Å²) in [6, 6.07) is 0. The Morgan fingerprint density at radius 3 is 2.83 bits per heavy atom. The Hall–Kier alpha value is -0.640. The zero-order valence-electron chi connectivity index (χ0n) is 2.98. The molecule has 0 saturated heterocycles. The van der Waals surface area contributed by atoms with Gasteiger partial charge in [0.15, 0.2) is 0 Å². The van der Waals surface area contributed by atoms with Gasteiger partial charge in [0.05, 0.1) is 0 Å². The number of rotatable bonds is 3. The maximum atomic E-state index is 10.7. The van der Waals surface area contributed by atoms with Crippen molar-refractivity contribution in [3.63, 3.8) is 0 Å². The minimum absolute atomic E-state index is 0.250. The average Bonchev–Trinajstić information content (AvgIpc) is 1.61.